The highest BCUT2D eigenvalue weighted by atomic mass is 16.4. The van der Waals surface area contributed by atoms with Gasteiger partial charge < -0.3 is 15.9 Å². The van der Waals surface area contributed by atoms with Gasteiger partial charge in [0, 0.05) is 12.6 Å². The summed E-state index contributed by atoms with van der Waals surface area (Å²) in [4.78, 5) is 10.4. The molecule has 0 aromatic carbocycles. The summed E-state index contributed by atoms with van der Waals surface area (Å²) < 4.78 is 0. The van der Waals surface area contributed by atoms with Crippen LogP contribution in [0.5, 0.6) is 0 Å². The normalized spacial score (nSPS) is 30.3. The molecule has 0 aromatic heterocycles. The van der Waals surface area contributed by atoms with Gasteiger partial charge >= 0.3 is 5.97 Å². The first kappa shape index (κ1) is 10.4. The van der Waals surface area contributed by atoms with E-state index in [1.165, 1.54) is 0 Å². The molecule has 76 valence electrons. The average molecular weight is 189 g/mol. The predicted octanol–water partition coefficient (Wildman–Crippen LogP) is -2.33. The van der Waals surface area contributed by atoms with Crippen molar-refractivity contribution in [2.75, 3.05) is 13.2 Å². The molecule has 6 heteroatoms. The van der Waals surface area contributed by atoms with Crippen LogP contribution in [-0.2, 0) is 4.79 Å². The lowest BCUT2D eigenvalue weighted by atomic mass is 10.1. The van der Waals surface area contributed by atoms with Crippen molar-refractivity contribution < 1.29 is 15.0 Å². The van der Waals surface area contributed by atoms with Gasteiger partial charge in [-0.05, 0) is 6.42 Å². The Morgan fingerprint density at radius 1 is 1.69 bits per heavy atom. The topological polar surface area (TPSA) is 108 Å². The van der Waals surface area contributed by atoms with E-state index in [1.807, 2.05) is 0 Å². The minimum Gasteiger partial charge on any atom is -0.480 e. The molecule has 6 N–H and O–H groups in total. The van der Waals surface area contributed by atoms with E-state index in [0.29, 0.717) is 13.0 Å². The van der Waals surface area contributed by atoms with Crippen molar-refractivity contribution in [3.8, 4) is 0 Å². The Morgan fingerprint density at radius 2 is 2.38 bits per heavy atom. The molecule has 1 aliphatic rings. The Bertz CT molecular complexity index is 188. The van der Waals surface area contributed by atoms with Crippen molar-refractivity contribution >= 4 is 5.97 Å². The third-order valence-corrected chi connectivity index (χ3v) is 2.09. The second-order valence-corrected chi connectivity index (χ2v) is 3.19. The number of nitrogens with one attached hydrogen (secondary N) is 2. The molecule has 0 radical (unpaired) electrons. The molecule has 1 saturated heterocycles. The molecule has 1 aliphatic heterocycles. The fourth-order valence-corrected chi connectivity index (χ4v) is 1.36. The third kappa shape index (κ3) is 2.92. The summed E-state index contributed by atoms with van der Waals surface area (Å²) in [6, 6.07) is -0.806. The lowest BCUT2D eigenvalue weighted by molar-refractivity contribution is -0.138. The summed E-state index contributed by atoms with van der Waals surface area (Å²) in [5.41, 5.74) is 5.35. The van der Waals surface area contributed by atoms with Crippen LogP contribution in [0.15, 0.2) is 0 Å². The monoisotopic (exact) mass is 189 g/mol. The summed E-state index contributed by atoms with van der Waals surface area (Å²) in [5, 5.41) is 23.3. The van der Waals surface area contributed by atoms with Crippen LogP contribution < -0.4 is 16.4 Å². The van der Waals surface area contributed by atoms with Crippen LogP contribution >= 0.6 is 0 Å². The van der Waals surface area contributed by atoms with Crippen LogP contribution in [-0.4, -0.2) is 47.6 Å². The summed E-state index contributed by atoms with van der Waals surface area (Å²) >= 11 is 0. The summed E-state index contributed by atoms with van der Waals surface area (Å²) in [5.74, 6) is -0.991. The maximum absolute atomic E-state index is 10.4. The molecule has 1 heterocycles. The largest absolute Gasteiger partial charge is 0.480 e. The van der Waals surface area contributed by atoms with Crippen LogP contribution in [0.2, 0.25) is 0 Å². The molecule has 0 bridgehead atoms. The van der Waals surface area contributed by atoms with Crippen molar-refractivity contribution in [2.24, 2.45) is 5.73 Å². The minimum atomic E-state index is -0.991. The van der Waals surface area contributed by atoms with Gasteiger partial charge in [0.05, 0.1) is 12.8 Å². The molecule has 0 spiro atoms. The van der Waals surface area contributed by atoms with Gasteiger partial charge in [-0.25, -0.2) is 0 Å². The number of hydrogen-bond acceptors (Lipinski definition) is 5. The number of carboxylic acids is 1. The number of hydrogen-bond donors (Lipinski definition) is 5. The Labute approximate surface area is 76.1 Å². The van der Waals surface area contributed by atoms with E-state index in [-0.39, 0.29) is 18.8 Å². The molecule has 0 amide bonds. The SMILES string of the molecule is N[C@@H](CC1CNC(CO)N1)C(=O)O. The van der Waals surface area contributed by atoms with Gasteiger partial charge in [0.15, 0.2) is 0 Å². The first-order valence-corrected chi connectivity index (χ1v) is 4.22. The van der Waals surface area contributed by atoms with Crippen molar-refractivity contribution in [3.05, 3.63) is 0 Å². The van der Waals surface area contributed by atoms with Gasteiger partial charge in [-0.1, -0.05) is 0 Å². The molecule has 0 saturated carbocycles. The van der Waals surface area contributed by atoms with Gasteiger partial charge in [-0.2, -0.15) is 0 Å². The van der Waals surface area contributed by atoms with E-state index >= 15 is 0 Å². The Morgan fingerprint density at radius 3 is 2.85 bits per heavy atom. The number of carbonyl (C=O) groups is 1. The summed E-state index contributed by atoms with van der Waals surface area (Å²) in [6.45, 7) is 0.644. The van der Waals surface area contributed by atoms with Crippen LogP contribution in [0.4, 0.5) is 0 Å². The van der Waals surface area contributed by atoms with Crippen LogP contribution in [0.1, 0.15) is 6.42 Å². The van der Waals surface area contributed by atoms with Crippen molar-refractivity contribution in [1.29, 1.82) is 0 Å². The standard InChI is InChI=1S/C7H15N3O3/c8-5(7(12)13)1-4-2-9-6(3-11)10-4/h4-6,9-11H,1-3,8H2,(H,12,13)/t4?,5-,6?/m0/s1. The number of nitrogens with two attached hydrogens (primary N) is 1. The highest BCUT2D eigenvalue weighted by molar-refractivity contribution is 5.73. The lowest BCUT2D eigenvalue weighted by Crippen LogP contribution is -2.41. The van der Waals surface area contributed by atoms with Gasteiger partial charge in [0.2, 0.25) is 0 Å². The Hall–Kier alpha value is -0.690. The highest BCUT2D eigenvalue weighted by Gasteiger charge is 2.25. The van der Waals surface area contributed by atoms with Crippen LogP contribution in [0.25, 0.3) is 0 Å². The molecular formula is C7H15N3O3. The Kier molecular flexibility index (Phi) is 3.61. The second-order valence-electron chi connectivity index (χ2n) is 3.19. The first-order chi connectivity index (χ1) is 6.13. The summed E-state index contributed by atoms with van der Waals surface area (Å²) in [6.07, 6.45) is 0.241. The summed E-state index contributed by atoms with van der Waals surface area (Å²) in [7, 11) is 0. The van der Waals surface area contributed by atoms with Crippen LogP contribution in [0.3, 0.4) is 0 Å². The smallest absolute Gasteiger partial charge is 0.320 e. The van der Waals surface area contributed by atoms with Crippen molar-refractivity contribution in [2.45, 2.75) is 24.7 Å². The van der Waals surface area contributed by atoms with Gasteiger partial charge in [0.1, 0.15) is 6.04 Å². The van der Waals surface area contributed by atoms with Crippen molar-refractivity contribution in [3.63, 3.8) is 0 Å². The zero-order valence-electron chi connectivity index (χ0n) is 7.23. The molecule has 0 aromatic rings. The number of aliphatic carboxylic acids is 1. The molecule has 0 aliphatic carbocycles. The minimum absolute atomic E-state index is 0.00118. The quantitative estimate of drug-likeness (QED) is 0.339. The van der Waals surface area contributed by atoms with Gasteiger partial charge in [-0.3, -0.25) is 15.4 Å². The number of aliphatic hydroxyl groups is 1. The zero-order valence-corrected chi connectivity index (χ0v) is 7.23. The molecule has 3 atom stereocenters. The maximum Gasteiger partial charge on any atom is 0.320 e. The van der Waals surface area contributed by atoms with Gasteiger partial charge in [-0.15, -0.1) is 0 Å². The van der Waals surface area contributed by atoms with E-state index in [4.69, 9.17) is 15.9 Å². The Balaban J connectivity index is 2.27. The highest BCUT2D eigenvalue weighted by Crippen LogP contribution is 2.02. The fraction of sp³-hybridized carbons (Fsp3) is 0.857. The lowest BCUT2D eigenvalue weighted by Gasteiger charge is -2.13. The predicted molar refractivity (Wildman–Crippen MR) is 46.0 cm³/mol. The number of carboxylic acid groups (broad SMARTS) is 1. The molecule has 13 heavy (non-hydrogen) atoms. The van der Waals surface area contributed by atoms with Gasteiger partial charge in [0.25, 0.3) is 0 Å². The van der Waals surface area contributed by atoms with E-state index in [1.54, 1.807) is 0 Å². The van der Waals surface area contributed by atoms with Crippen molar-refractivity contribution in [1.82, 2.24) is 10.6 Å². The van der Waals surface area contributed by atoms with E-state index in [0.717, 1.165) is 0 Å². The third-order valence-electron chi connectivity index (χ3n) is 2.09. The van der Waals surface area contributed by atoms with E-state index in [2.05, 4.69) is 10.6 Å². The second kappa shape index (κ2) is 4.52. The maximum atomic E-state index is 10.4. The van der Waals surface area contributed by atoms with Crippen LogP contribution in [0, 0.1) is 0 Å². The molecule has 1 fully saturated rings. The number of aliphatic hydroxyl groups excluding tert-OH is 1. The fourth-order valence-electron chi connectivity index (χ4n) is 1.36. The number of rotatable bonds is 4. The first-order valence-electron chi connectivity index (χ1n) is 4.22. The van der Waals surface area contributed by atoms with E-state index < -0.39 is 12.0 Å². The van der Waals surface area contributed by atoms with E-state index in [9.17, 15) is 4.79 Å². The average Bonchev–Trinajstić information content (AvgIpc) is 2.52. The molecule has 6 nitrogen and oxygen atoms in total. The molecular weight excluding hydrogens is 174 g/mol. The molecule has 2 unspecified atom stereocenters. The molecule has 1 rings (SSSR count). The zero-order chi connectivity index (χ0) is 9.84.